The molecule has 0 bridgehead atoms. The highest BCUT2D eigenvalue weighted by atomic mass is 16.3. The fourth-order valence-corrected chi connectivity index (χ4v) is 0.944. The van der Waals surface area contributed by atoms with Crippen LogP contribution in [-0.4, -0.2) is 5.11 Å². The summed E-state index contributed by atoms with van der Waals surface area (Å²) >= 11 is 0. The molecule has 1 atom stereocenters. The molecule has 1 aromatic carbocycles. The van der Waals surface area contributed by atoms with E-state index in [2.05, 4.69) is 0 Å². The van der Waals surface area contributed by atoms with Crippen molar-refractivity contribution in [3.05, 3.63) is 48.0 Å². The number of aliphatic hydroxyl groups is 1. The number of hydrogen-bond donors (Lipinski definition) is 1. The van der Waals surface area contributed by atoms with Gasteiger partial charge in [0.15, 0.2) is 0 Å². The molecule has 1 heteroatoms. The van der Waals surface area contributed by atoms with Crippen molar-refractivity contribution in [3.8, 4) is 0 Å². The van der Waals surface area contributed by atoms with Gasteiger partial charge in [-0.3, -0.25) is 0 Å². The van der Waals surface area contributed by atoms with Crippen LogP contribution in [0.5, 0.6) is 0 Å². The molecule has 0 aromatic heterocycles. The third kappa shape index (κ3) is 2.20. The second kappa shape index (κ2) is 3.94. The molecule has 0 aliphatic carbocycles. The quantitative estimate of drug-likeness (QED) is 0.638. The highest BCUT2D eigenvalue weighted by Gasteiger charge is 1.99. The lowest BCUT2D eigenvalue weighted by Gasteiger charge is -2.03. The molecular weight excluding hydrogens is 136 g/mol. The van der Waals surface area contributed by atoms with Crippen molar-refractivity contribution in [2.45, 2.75) is 13.0 Å². The summed E-state index contributed by atoms with van der Waals surface area (Å²) in [7, 11) is 0. The molecule has 1 N–H and O–H groups in total. The minimum absolute atomic E-state index is 0.457. The van der Waals surface area contributed by atoms with Crippen molar-refractivity contribution in [3.63, 3.8) is 0 Å². The smallest absolute Gasteiger partial charge is 0.0971 e. The van der Waals surface area contributed by atoms with E-state index < -0.39 is 6.10 Å². The van der Waals surface area contributed by atoms with E-state index in [1.165, 1.54) is 0 Å². The summed E-state index contributed by atoms with van der Waals surface area (Å²) in [5, 5.41) is 9.43. The molecule has 11 heavy (non-hydrogen) atoms. The molecule has 1 nitrogen and oxygen atoms in total. The summed E-state index contributed by atoms with van der Waals surface area (Å²) in [6.07, 6.45) is 3.15. The van der Waals surface area contributed by atoms with Gasteiger partial charge in [0.25, 0.3) is 0 Å². The zero-order valence-corrected chi connectivity index (χ0v) is 6.57. The zero-order valence-electron chi connectivity index (χ0n) is 6.57. The average Bonchev–Trinajstić information content (AvgIpc) is 2.07. The third-order valence-corrected chi connectivity index (χ3v) is 1.52. The van der Waals surface area contributed by atoms with Gasteiger partial charge in [-0.2, -0.15) is 0 Å². The summed E-state index contributed by atoms with van der Waals surface area (Å²) in [5.41, 5.74) is 0.936. The molecular formula is C10H12O. The highest BCUT2D eigenvalue weighted by Crippen LogP contribution is 2.12. The first kappa shape index (κ1) is 8.02. The van der Waals surface area contributed by atoms with E-state index >= 15 is 0 Å². The molecule has 0 spiro atoms. The summed E-state index contributed by atoms with van der Waals surface area (Å²) < 4.78 is 0. The lowest BCUT2D eigenvalue weighted by Crippen LogP contribution is -1.90. The minimum Gasteiger partial charge on any atom is -0.384 e. The minimum atomic E-state index is -0.457. The molecule has 0 saturated carbocycles. The van der Waals surface area contributed by atoms with Crippen molar-refractivity contribution in [2.24, 2.45) is 0 Å². The lowest BCUT2D eigenvalue weighted by atomic mass is 10.1. The van der Waals surface area contributed by atoms with Crippen molar-refractivity contribution in [2.75, 3.05) is 0 Å². The van der Waals surface area contributed by atoms with E-state index in [-0.39, 0.29) is 0 Å². The molecule has 1 aromatic rings. The Morgan fingerprint density at radius 1 is 1.27 bits per heavy atom. The summed E-state index contributed by atoms with van der Waals surface area (Å²) in [6.45, 7) is 1.90. The maximum atomic E-state index is 9.43. The van der Waals surface area contributed by atoms with Gasteiger partial charge in [0.05, 0.1) is 6.10 Å². The Kier molecular flexibility index (Phi) is 2.87. The molecule has 1 rings (SSSR count). The number of aliphatic hydroxyl groups excluding tert-OH is 1. The Morgan fingerprint density at radius 2 is 1.91 bits per heavy atom. The number of benzene rings is 1. The molecule has 0 saturated heterocycles. The molecule has 0 radical (unpaired) electrons. The first-order chi connectivity index (χ1) is 5.34. The topological polar surface area (TPSA) is 20.2 Å². The van der Waals surface area contributed by atoms with Crippen molar-refractivity contribution in [1.29, 1.82) is 0 Å². The van der Waals surface area contributed by atoms with Gasteiger partial charge in [-0.15, -0.1) is 0 Å². The Morgan fingerprint density at radius 3 is 2.45 bits per heavy atom. The monoisotopic (exact) mass is 148 g/mol. The van der Waals surface area contributed by atoms with Crippen LogP contribution in [0.4, 0.5) is 0 Å². The predicted octanol–water partition coefficient (Wildman–Crippen LogP) is 2.30. The SMILES string of the molecule is C/C=C\[C@H](O)c1ccccc1. The van der Waals surface area contributed by atoms with Crippen molar-refractivity contribution < 1.29 is 5.11 Å². The molecule has 58 valence electrons. The summed E-state index contributed by atoms with van der Waals surface area (Å²) in [6, 6.07) is 9.59. The second-order valence-corrected chi connectivity index (χ2v) is 2.38. The van der Waals surface area contributed by atoms with E-state index in [1.807, 2.05) is 43.3 Å². The van der Waals surface area contributed by atoms with Gasteiger partial charge in [-0.05, 0) is 12.5 Å². The molecule has 0 aliphatic heterocycles. The van der Waals surface area contributed by atoms with Gasteiger partial charge in [0, 0.05) is 0 Å². The largest absolute Gasteiger partial charge is 0.384 e. The fourth-order valence-electron chi connectivity index (χ4n) is 0.944. The number of hydrogen-bond acceptors (Lipinski definition) is 1. The van der Waals surface area contributed by atoms with Gasteiger partial charge in [0.2, 0.25) is 0 Å². The zero-order chi connectivity index (χ0) is 8.10. The van der Waals surface area contributed by atoms with Crippen molar-refractivity contribution >= 4 is 0 Å². The van der Waals surface area contributed by atoms with Gasteiger partial charge >= 0.3 is 0 Å². The predicted molar refractivity (Wildman–Crippen MR) is 46.2 cm³/mol. The molecule has 0 unspecified atom stereocenters. The van der Waals surface area contributed by atoms with Crippen LogP contribution >= 0.6 is 0 Å². The van der Waals surface area contributed by atoms with Crippen LogP contribution in [0.15, 0.2) is 42.5 Å². The number of rotatable bonds is 2. The van der Waals surface area contributed by atoms with Gasteiger partial charge < -0.3 is 5.11 Å². The lowest BCUT2D eigenvalue weighted by molar-refractivity contribution is 0.228. The van der Waals surface area contributed by atoms with E-state index in [0.29, 0.717) is 0 Å². The maximum absolute atomic E-state index is 9.43. The van der Waals surface area contributed by atoms with Crippen LogP contribution in [0, 0.1) is 0 Å². The Bertz CT molecular complexity index is 226. The Balaban J connectivity index is 2.76. The normalized spacial score (nSPS) is 13.6. The average molecular weight is 148 g/mol. The van der Waals surface area contributed by atoms with E-state index in [1.54, 1.807) is 6.08 Å². The van der Waals surface area contributed by atoms with Crippen LogP contribution in [0.3, 0.4) is 0 Å². The summed E-state index contributed by atoms with van der Waals surface area (Å²) in [4.78, 5) is 0. The standard InChI is InChI=1S/C10H12O/c1-2-6-10(11)9-7-4-3-5-8-9/h2-8,10-11H,1H3/b6-2-/t10-/m0/s1. The molecule has 0 fully saturated rings. The third-order valence-electron chi connectivity index (χ3n) is 1.52. The first-order valence-corrected chi connectivity index (χ1v) is 3.70. The molecule has 0 aliphatic rings. The van der Waals surface area contributed by atoms with Crippen LogP contribution in [0.1, 0.15) is 18.6 Å². The van der Waals surface area contributed by atoms with Gasteiger partial charge in [-0.25, -0.2) is 0 Å². The van der Waals surface area contributed by atoms with E-state index in [9.17, 15) is 5.11 Å². The molecule has 0 heterocycles. The number of allylic oxidation sites excluding steroid dienone is 1. The van der Waals surface area contributed by atoms with E-state index in [0.717, 1.165) is 5.56 Å². The molecule has 0 amide bonds. The Hall–Kier alpha value is -1.08. The Labute approximate surface area is 67.0 Å². The maximum Gasteiger partial charge on any atom is 0.0971 e. The van der Waals surface area contributed by atoms with Crippen LogP contribution in [0.2, 0.25) is 0 Å². The van der Waals surface area contributed by atoms with Crippen LogP contribution < -0.4 is 0 Å². The van der Waals surface area contributed by atoms with E-state index in [4.69, 9.17) is 0 Å². The highest BCUT2D eigenvalue weighted by molar-refractivity contribution is 5.20. The first-order valence-electron chi connectivity index (χ1n) is 3.70. The van der Waals surface area contributed by atoms with Gasteiger partial charge in [-0.1, -0.05) is 42.5 Å². The van der Waals surface area contributed by atoms with Crippen LogP contribution in [0.25, 0.3) is 0 Å². The van der Waals surface area contributed by atoms with Crippen LogP contribution in [-0.2, 0) is 0 Å². The van der Waals surface area contributed by atoms with Crippen molar-refractivity contribution in [1.82, 2.24) is 0 Å². The summed E-state index contributed by atoms with van der Waals surface area (Å²) in [5.74, 6) is 0. The van der Waals surface area contributed by atoms with Gasteiger partial charge in [0.1, 0.15) is 0 Å². The fraction of sp³-hybridized carbons (Fsp3) is 0.200. The second-order valence-electron chi connectivity index (χ2n) is 2.38.